The second-order valence-corrected chi connectivity index (χ2v) is 16.3. The first kappa shape index (κ1) is 37.2. The van der Waals surface area contributed by atoms with Gasteiger partial charge in [0.1, 0.15) is 23.3 Å². The van der Waals surface area contributed by atoms with Crippen molar-refractivity contribution < 1.29 is 0 Å². The average molecular weight is 803 g/mol. The van der Waals surface area contributed by atoms with Gasteiger partial charge < -0.3 is 9.13 Å². The predicted molar refractivity (Wildman–Crippen MR) is 252 cm³/mol. The number of hydrogen-bond acceptors (Lipinski definition) is 6. The molecule has 0 bridgehead atoms. The molecule has 0 atom stereocenters. The Morgan fingerprint density at radius 1 is 0.323 bits per heavy atom. The van der Waals surface area contributed by atoms with E-state index in [1.165, 1.54) is 32.7 Å². The van der Waals surface area contributed by atoms with Crippen LogP contribution in [0.3, 0.4) is 0 Å². The lowest BCUT2D eigenvalue weighted by Gasteiger charge is -2.17. The fourth-order valence-corrected chi connectivity index (χ4v) is 9.24. The van der Waals surface area contributed by atoms with Gasteiger partial charge in [-0.3, -0.25) is 0 Å². The highest BCUT2D eigenvalue weighted by molar-refractivity contribution is 6.11. The lowest BCUT2D eigenvalue weighted by molar-refractivity contribution is 0.926. The third kappa shape index (κ3) is 6.22. The smallest absolute Gasteiger partial charge is 0.165 e. The maximum absolute atomic E-state index is 4.93. The van der Waals surface area contributed by atoms with Gasteiger partial charge in [-0.2, -0.15) is 0 Å². The van der Waals surface area contributed by atoms with Crippen LogP contribution in [0.5, 0.6) is 0 Å². The van der Waals surface area contributed by atoms with Crippen LogP contribution < -0.4 is 0 Å². The normalized spacial score (nSPS) is 11.7. The first-order valence-electron chi connectivity index (χ1n) is 21.0. The van der Waals surface area contributed by atoms with E-state index in [0.29, 0.717) is 34.9 Å². The van der Waals surface area contributed by atoms with Gasteiger partial charge in [0.2, 0.25) is 0 Å². The number of para-hydroxylation sites is 2. The highest BCUT2D eigenvalue weighted by atomic mass is 15.0. The third-order valence-electron chi connectivity index (χ3n) is 11.9. The number of nitrogens with zero attached hydrogens (tertiary/aromatic N) is 8. The minimum Gasteiger partial charge on any atom is -0.309 e. The van der Waals surface area contributed by atoms with Crippen molar-refractivity contribution in [3.63, 3.8) is 0 Å². The van der Waals surface area contributed by atoms with Gasteiger partial charge >= 0.3 is 0 Å². The van der Waals surface area contributed by atoms with Crippen LogP contribution in [0.25, 0.3) is 100 Å². The van der Waals surface area contributed by atoms with Gasteiger partial charge in [0.15, 0.2) is 11.6 Å². The highest BCUT2D eigenvalue weighted by Crippen LogP contribution is 2.41. The second-order valence-electron chi connectivity index (χ2n) is 16.3. The van der Waals surface area contributed by atoms with E-state index in [0.717, 1.165) is 66.8 Å². The van der Waals surface area contributed by atoms with Crippen molar-refractivity contribution in [1.29, 1.82) is 0 Å². The Morgan fingerprint density at radius 3 is 1.47 bits per heavy atom. The molecular formula is C54H42N8. The summed E-state index contributed by atoms with van der Waals surface area (Å²) in [6, 6.07) is 52.7. The van der Waals surface area contributed by atoms with Gasteiger partial charge in [-0.05, 0) is 137 Å². The fourth-order valence-electron chi connectivity index (χ4n) is 9.24. The molecule has 0 aliphatic carbocycles. The van der Waals surface area contributed by atoms with Crippen molar-refractivity contribution in [1.82, 2.24) is 39.0 Å². The molecule has 0 unspecified atom stereocenters. The Morgan fingerprint density at radius 2 is 0.839 bits per heavy atom. The molecule has 0 saturated heterocycles. The van der Waals surface area contributed by atoms with Crippen molar-refractivity contribution in [3.8, 4) is 56.4 Å². The van der Waals surface area contributed by atoms with E-state index >= 15 is 0 Å². The largest absolute Gasteiger partial charge is 0.309 e. The number of benzene rings is 7. The lowest BCUT2D eigenvalue weighted by Crippen LogP contribution is -2.03. The maximum atomic E-state index is 4.93. The molecule has 0 amide bonds. The molecular weight excluding hydrogens is 761 g/mol. The quantitative estimate of drug-likeness (QED) is 0.166. The molecule has 8 nitrogen and oxygen atoms in total. The molecule has 0 saturated carbocycles. The predicted octanol–water partition coefficient (Wildman–Crippen LogP) is 12.8. The fraction of sp³-hybridized carbons (Fsp3) is 0.111. The molecule has 4 heterocycles. The van der Waals surface area contributed by atoms with Crippen molar-refractivity contribution in [2.45, 2.75) is 41.5 Å². The molecule has 62 heavy (non-hydrogen) atoms. The number of rotatable bonds is 6. The van der Waals surface area contributed by atoms with Gasteiger partial charge in [0.25, 0.3) is 0 Å². The Bertz CT molecular complexity index is 3570. The molecule has 0 aliphatic rings. The molecule has 4 aromatic heterocycles. The Labute approximate surface area is 359 Å². The van der Waals surface area contributed by atoms with Crippen LogP contribution in [0.4, 0.5) is 0 Å². The SMILES string of the molecule is Cc1ccc2c(c1)c1ccccc1n2-c1ccc(-c2nc(C)nc(C)n2)c(-c2cccc(-c3ccc(-n4c5ccccc5c5cc(C)ccc54)c(-c4nc(C)nc(C)n4)c3)c2)c1. The summed E-state index contributed by atoms with van der Waals surface area (Å²) in [6.45, 7) is 12.0. The zero-order valence-corrected chi connectivity index (χ0v) is 35.4. The van der Waals surface area contributed by atoms with E-state index in [-0.39, 0.29) is 0 Å². The summed E-state index contributed by atoms with van der Waals surface area (Å²) in [4.78, 5) is 28.7. The van der Waals surface area contributed by atoms with Crippen LogP contribution in [0.2, 0.25) is 0 Å². The summed E-state index contributed by atoms with van der Waals surface area (Å²) in [5.74, 6) is 4.01. The molecule has 11 aromatic rings. The molecule has 8 heteroatoms. The minimum absolute atomic E-state index is 0.637. The number of hydrogen-bond donors (Lipinski definition) is 0. The summed E-state index contributed by atoms with van der Waals surface area (Å²) >= 11 is 0. The van der Waals surface area contributed by atoms with Crippen LogP contribution in [-0.4, -0.2) is 39.0 Å². The van der Waals surface area contributed by atoms with E-state index in [2.05, 4.69) is 179 Å². The molecule has 0 aliphatic heterocycles. The summed E-state index contributed by atoms with van der Waals surface area (Å²) in [7, 11) is 0. The van der Waals surface area contributed by atoms with Gasteiger partial charge in [-0.15, -0.1) is 0 Å². The standard InChI is InChI=1S/C54H42N8/c1-31-18-23-50-45(26-31)41-14-7-9-16-48(41)61(50)40-21-22-43(53-57-33(3)55-34(4)58-53)44(30-40)39-13-11-12-37(28-39)38-20-25-52(47(29-38)54-59-35(5)56-36(6)60-54)62-49-17-10-8-15-42(49)46-27-32(2)19-24-51(46)62/h7-30H,1-6H3. The Kier molecular flexibility index (Phi) is 8.65. The molecule has 298 valence electrons. The van der Waals surface area contributed by atoms with Crippen LogP contribution in [0.1, 0.15) is 34.4 Å². The van der Waals surface area contributed by atoms with Crippen LogP contribution in [0.15, 0.2) is 146 Å². The van der Waals surface area contributed by atoms with Crippen molar-refractivity contribution in [2.75, 3.05) is 0 Å². The molecule has 0 spiro atoms. The van der Waals surface area contributed by atoms with Crippen LogP contribution >= 0.6 is 0 Å². The van der Waals surface area contributed by atoms with Crippen molar-refractivity contribution in [3.05, 3.63) is 180 Å². The summed E-state index contributed by atoms with van der Waals surface area (Å²) in [5.41, 5.74) is 15.1. The Balaban J connectivity index is 1.13. The second kappa shape index (κ2) is 14.4. The molecule has 0 radical (unpaired) electrons. The summed E-state index contributed by atoms with van der Waals surface area (Å²) in [6.07, 6.45) is 0. The monoisotopic (exact) mass is 802 g/mol. The highest BCUT2D eigenvalue weighted by Gasteiger charge is 2.21. The summed E-state index contributed by atoms with van der Waals surface area (Å²) in [5, 5.41) is 4.87. The van der Waals surface area contributed by atoms with Gasteiger partial charge in [0.05, 0.1) is 27.8 Å². The molecule has 11 rings (SSSR count). The van der Waals surface area contributed by atoms with Crippen molar-refractivity contribution >= 4 is 43.6 Å². The molecule has 7 aromatic carbocycles. The first-order chi connectivity index (χ1) is 30.2. The number of fused-ring (bicyclic) bond motifs is 6. The van der Waals surface area contributed by atoms with Crippen LogP contribution in [0, 0.1) is 41.5 Å². The maximum Gasteiger partial charge on any atom is 0.165 e. The van der Waals surface area contributed by atoms with E-state index in [1.54, 1.807) is 0 Å². The average Bonchev–Trinajstić information content (AvgIpc) is 3.77. The topological polar surface area (TPSA) is 87.2 Å². The van der Waals surface area contributed by atoms with Crippen LogP contribution in [-0.2, 0) is 0 Å². The van der Waals surface area contributed by atoms with Gasteiger partial charge in [0, 0.05) is 38.4 Å². The van der Waals surface area contributed by atoms with E-state index in [9.17, 15) is 0 Å². The summed E-state index contributed by atoms with van der Waals surface area (Å²) < 4.78 is 4.71. The van der Waals surface area contributed by atoms with Gasteiger partial charge in [-0.25, -0.2) is 29.9 Å². The third-order valence-corrected chi connectivity index (χ3v) is 11.9. The molecule has 0 fully saturated rings. The van der Waals surface area contributed by atoms with Crippen molar-refractivity contribution in [2.24, 2.45) is 0 Å². The minimum atomic E-state index is 0.637. The zero-order valence-electron chi connectivity index (χ0n) is 35.4. The van der Waals surface area contributed by atoms with E-state index in [4.69, 9.17) is 19.9 Å². The number of aromatic nitrogens is 8. The van der Waals surface area contributed by atoms with E-state index < -0.39 is 0 Å². The van der Waals surface area contributed by atoms with E-state index in [1.807, 2.05) is 27.7 Å². The van der Waals surface area contributed by atoms with Gasteiger partial charge in [-0.1, -0.05) is 83.9 Å². The lowest BCUT2D eigenvalue weighted by atomic mass is 9.94. The first-order valence-corrected chi connectivity index (χ1v) is 21.0. The Hall–Kier alpha value is -7.84. The zero-order chi connectivity index (χ0) is 42.2. The molecule has 0 N–H and O–H groups in total. The number of aryl methyl sites for hydroxylation is 6.